The first-order valence-corrected chi connectivity index (χ1v) is 11.5. The third kappa shape index (κ3) is 4.54. The molecular formula is C25H23N3O2S2. The van der Waals surface area contributed by atoms with Crippen molar-refractivity contribution in [2.75, 3.05) is 6.61 Å². The zero-order valence-corrected chi connectivity index (χ0v) is 19.5. The molecule has 2 heterocycles. The summed E-state index contributed by atoms with van der Waals surface area (Å²) in [5, 5.41) is 4.83. The molecule has 0 saturated carbocycles. The molecule has 0 bridgehead atoms. The minimum absolute atomic E-state index is 0.0167. The summed E-state index contributed by atoms with van der Waals surface area (Å²) in [7, 11) is 0. The Kier molecular flexibility index (Phi) is 6.58. The van der Waals surface area contributed by atoms with E-state index in [1.807, 2.05) is 85.4 Å². The van der Waals surface area contributed by atoms with E-state index in [0.717, 1.165) is 28.3 Å². The minimum atomic E-state index is -0.0680. The number of carbonyl (C=O) groups excluding carboxylic acids is 1. The third-order valence-electron chi connectivity index (χ3n) is 4.89. The Hall–Kier alpha value is -3.16. The zero-order valence-electron chi connectivity index (χ0n) is 17.9. The van der Waals surface area contributed by atoms with Crippen molar-refractivity contribution in [2.45, 2.75) is 19.9 Å². The second-order valence-electron chi connectivity index (χ2n) is 7.48. The van der Waals surface area contributed by atoms with E-state index in [1.54, 1.807) is 11.0 Å². The van der Waals surface area contributed by atoms with Crippen molar-refractivity contribution in [3.63, 3.8) is 0 Å². The topological polar surface area (TPSA) is 47.4 Å². The van der Waals surface area contributed by atoms with Gasteiger partial charge < -0.3 is 4.74 Å². The summed E-state index contributed by atoms with van der Waals surface area (Å²) in [5.74, 6) is 0.692. The van der Waals surface area contributed by atoms with Crippen LogP contribution >= 0.6 is 24.0 Å². The summed E-state index contributed by atoms with van der Waals surface area (Å²) in [6, 6.07) is 17.6. The van der Waals surface area contributed by atoms with Gasteiger partial charge in [-0.15, -0.1) is 0 Å². The van der Waals surface area contributed by atoms with Crippen LogP contribution in [0.15, 0.2) is 78.4 Å². The van der Waals surface area contributed by atoms with Crippen molar-refractivity contribution >= 4 is 40.3 Å². The lowest BCUT2D eigenvalue weighted by atomic mass is 10.1. The van der Waals surface area contributed by atoms with Gasteiger partial charge in [0.1, 0.15) is 16.7 Å². The summed E-state index contributed by atoms with van der Waals surface area (Å²) < 4.78 is 8.00. The fourth-order valence-corrected chi connectivity index (χ4v) is 4.88. The van der Waals surface area contributed by atoms with Crippen LogP contribution in [0.3, 0.4) is 0 Å². The molecule has 5 nitrogen and oxygen atoms in total. The van der Waals surface area contributed by atoms with Gasteiger partial charge in [-0.2, -0.15) is 5.10 Å². The number of carbonyl (C=O) groups is 1. The number of thioether (sulfide) groups is 1. The molecule has 3 aromatic rings. The van der Waals surface area contributed by atoms with Gasteiger partial charge in [0, 0.05) is 23.4 Å². The molecule has 0 radical (unpaired) electrons. The highest BCUT2D eigenvalue weighted by atomic mass is 32.2. The predicted molar refractivity (Wildman–Crippen MR) is 135 cm³/mol. The van der Waals surface area contributed by atoms with Gasteiger partial charge in [-0.3, -0.25) is 9.69 Å². The van der Waals surface area contributed by atoms with Gasteiger partial charge >= 0.3 is 0 Å². The first kappa shape index (κ1) is 22.0. The second kappa shape index (κ2) is 9.54. The van der Waals surface area contributed by atoms with Crippen LogP contribution in [-0.2, 0) is 4.79 Å². The quantitative estimate of drug-likeness (QED) is 0.256. The van der Waals surface area contributed by atoms with E-state index < -0.39 is 0 Å². The van der Waals surface area contributed by atoms with E-state index in [1.165, 1.54) is 11.8 Å². The highest BCUT2D eigenvalue weighted by molar-refractivity contribution is 8.26. The van der Waals surface area contributed by atoms with Gasteiger partial charge in [-0.25, -0.2) is 4.68 Å². The number of aromatic nitrogens is 2. The number of amides is 1. The Bertz CT molecular complexity index is 1180. The van der Waals surface area contributed by atoms with Crippen molar-refractivity contribution in [1.29, 1.82) is 0 Å². The van der Waals surface area contributed by atoms with E-state index >= 15 is 0 Å². The number of para-hydroxylation sites is 1. The molecule has 1 saturated heterocycles. The number of thiocarbonyl (C=S) groups is 1. The molecule has 1 aliphatic heterocycles. The largest absolute Gasteiger partial charge is 0.490 e. The van der Waals surface area contributed by atoms with Crippen LogP contribution in [0.5, 0.6) is 5.75 Å². The zero-order chi connectivity index (χ0) is 22.7. The molecule has 1 aliphatic rings. The molecule has 1 aromatic heterocycles. The lowest BCUT2D eigenvalue weighted by Gasteiger charge is -2.18. The molecule has 162 valence electrons. The Morgan fingerprint density at radius 2 is 1.88 bits per heavy atom. The molecule has 0 aliphatic carbocycles. The number of ether oxygens (including phenoxy) is 1. The maximum absolute atomic E-state index is 12.9. The van der Waals surface area contributed by atoms with Crippen LogP contribution in [0.2, 0.25) is 0 Å². The highest BCUT2D eigenvalue weighted by Crippen LogP contribution is 2.36. The Balaban J connectivity index is 1.76. The molecule has 32 heavy (non-hydrogen) atoms. The van der Waals surface area contributed by atoms with Crippen molar-refractivity contribution in [3.8, 4) is 22.7 Å². The normalized spacial score (nSPS) is 15.1. The third-order valence-corrected chi connectivity index (χ3v) is 6.22. The van der Waals surface area contributed by atoms with Crippen molar-refractivity contribution in [2.24, 2.45) is 0 Å². The van der Waals surface area contributed by atoms with Crippen LogP contribution in [0.25, 0.3) is 23.0 Å². The van der Waals surface area contributed by atoms with Gasteiger partial charge in [0.2, 0.25) is 0 Å². The van der Waals surface area contributed by atoms with E-state index in [0.29, 0.717) is 15.8 Å². The number of hydrogen-bond acceptors (Lipinski definition) is 5. The fraction of sp³-hybridized carbons (Fsp3) is 0.160. The highest BCUT2D eigenvalue weighted by Gasteiger charge is 2.34. The fourth-order valence-electron chi connectivity index (χ4n) is 3.36. The molecular weight excluding hydrogens is 438 g/mol. The maximum atomic E-state index is 12.9. The summed E-state index contributed by atoms with van der Waals surface area (Å²) in [4.78, 5) is 15.2. The standard InChI is InChI=1S/C25H23N3O2S2/c1-4-14-30-21-12-10-18(11-13-21)23-19(16-27(26-23)20-8-6-5-7-9-20)15-22-24(29)28(17(2)3)25(31)32-22/h4-13,15-17H,1,14H2,2-3H3. The number of hydrogen-bond donors (Lipinski definition) is 0. The Morgan fingerprint density at radius 1 is 1.16 bits per heavy atom. The molecule has 0 atom stereocenters. The molecule has 4 rings (SSSR count). The average Bonchev–Trinajstić information content (AvgIpc) is 3.34. The molecule has 0 unspecified atom stereocenters. The molecule has 1 fully saturated rings. The molecule has 2 aromatic carbocycles. The van der Waals surface area contributed by atoms with Crippen molar-refractivity contribution in [1.82, 2.24) is 14.7 Å². The number of rotatable bonds is 7. The van der Waals surface area contributed by atoms with Crippen molar-refractivity contribution in [3.05, 3.63) is 83.9 Å². The first-order chi connectivity index (χ1) is 15.5. The van der Waals surface area contributed by atoms with Gasteiger partial charge in [0.15, 0.2) is 0 Å². The van der Waals surface area contributed by atoms with Crippen molar-refractivity contribution < 1.29 is 9.53 Å². The summed E-state index contributed by atoms with van der Waals surface area (Å²) >= 11 is 6.76. The molecule has 1 amide bonds. The SMILES string of the molecule is C=CCOc1ccc(-c2nn(-c3ccccc3)cc2C=C2SC(=S)N(C(C)C)C2=O)cc1. The first-order valence-electron chi connectivity index (χ1n) is 10.2. The van der Waals surface area contributed by atoms with Gasteiger partial charge in [-0.1, -0.05) is 54.8 Å². The molecule has 0 spiro atoms. The lowest BCUT2D eigenvalue weighted by Crippen LogP contribution is -2.34. The minimum Gasteiger partial charge on any atom is -0.490 e. The van der Waals surface area contributed by atoms with E-state index in [9.17, 15) is 4.79 Å². The van der Waals surface area contributed by atoms with Crippen LogP contribution in [0.4, 0.5) is 0 Å². The monoisotopic (exact) mass is 461 g/mol. The number of benzene rings is 2. The molecule has 0 N–H and O–H groups in total. The Labute approximate surface area is 197 Å². The van der Waals surface area contributed by atoms with E-state index in [4.69, 9.17) is 22.1 Å². The number of nitrogens with zero attached hydrogens (tertiary/aromatic N) is 3. The van der Waals surface area contributed by atoms with E-state index in [-0.39, 0.29) is 11.9 Å². The van der Waals surface area contributed by atoms with E-state index in [2.05, 4.69) is 6.58 Å². The van der Waals surface area contributed by atoms with Gasteiger partial charge in [0.25, 0.3) is 5.91 Å². The predicted octanol–water partition coefficient (Wildman–Crippen LogP) is 5.71. The Morgan fingerprint density at radius 3 is 2.50 bits per heavy atom. The average molecular weight is 462 g/mol. The summed E-state index contributed by atoms with van der Waals surface area (Å²) in [6.45, 7) is 8.05. The van der Waals surface area contributed by atoms with Crippen LogP contribution in [0.1, 0.15) is 19.4 Å². The van der Waals surface area contributed by atoms with Crippen LogP contribution < -0.4 is 4.74 Å². The lowest BCUT2D eigenvalue weighted by molar-refractivity contribution is -0.123. The van der Waals surface area contributed by atoms with Crippen LogP contribution in [0, 0.1) is 0 Å². The van der Waals surface area contributed by atoms with Gasteiger partial charge in [-0.05, 0) is 56.3 Å². The maximum Gasteiger partial charge on any atom is 0.266 e. The molecule has 7 heteroatoms. The second-order valence-corrected chi connectivity index (χ2v) is 9.16. The van der Waals surface area contributed by atoms with Gasteiger partial charge in [0.05, 0.1) is 16.3 Å². The summed E-state index contributed by atoms with van der Waals surface area (Å²) in [6.07, 6.45) is 5.53. The smallest absolute Gasteiger partial charge is 0.266 e. The van der Waals surface area contributed by atoms with Crippen LogP contribution in [-0.4, -0.2) is 37.6 Å². The summed E-state index contributed by atoms with van der Waals surface area (Å²) in [5.41, 5.74) is 3.49.